The average Bonchev–Trinajstić information content (AvgIpc) is 2.68. The van der Waals surface area contributed by atoms with Gasteiger partial charge in [-0.3, -0.25) is 0 Å². The number of nitrogens with one attached hydrogen (secondary N) is 2. The molecular formula is C14H20N2O. The van der Waals surface area contributed by atoms with Gasteiger partial charge in [-0.25, -0.2) is 0 Å². The van der Waals surface area contributed by atoms with Crippen LogP contribution in [0.2, 0.25) is 0 Å². The molecule has 0 saturated carbocycles. The Kier molecular flexibility index (Phi) is 3.82. The van der Waals surface area contributed by atoms with Crippen LogP contribution in [0, 0.1) is 6.92 Å². The highest BCUT2D eigenvalue weighted by atomic mass is 16.3. The smallest absolute Gasteiger partial charge is 0.134 e. The maximum atomic E-state index is 5.77. The van der Waals surface area contributed by atoms with Gasteiger partial charge in [0.1, 0.15) is 11.3 Å². The number of rotatable bonds is 5. The second-order valence-electron chi connectivity index (χ2n) is 4.59. The highest BCUT2D eigenvalue weighted by Gasteiger charge is 2.05. The monoisotopic (exact) mass is 232 g/mol. The van der Waals surface area contributed by atoms with Crippen molar-refractivity contribution in [3.05, 3.63) is 35.6 Å². The molecule has 3 nitrogen and oxygen atoms in total. The second-order valence-corrected chi connectivity index (χ2v) is 4.59. The Bertz CT molecular complexity index is 490. The van der Waals surface area contributed by atoms with E-state index in [4.69, 9.17) is 4.42 Å². The molecule has 0 saturated heterocycles. The van der Waals surface area contributed by atoms with Gasteiger partial charge in [-0.05, 0) is 39.1 Å². The van der Waals surface area contributed by atoms with Crippen LogP contribution in [0.3, 0.4) is 0 Å². The zero-order valence-corrected chi connectivity index (χ0v) is 10.7. The fourth-order valence-corrected chi connectivity index (χ4v) is 1.96. The lowest BCUT2D eigenvalue weighted by Crippen LogP contribution is -2.34. The van der Waals surface area contributed by atoms with Crippen LogP contribution < -0.4 is 10.6 Å². The first-order chi connectivity index (χ1) is 8.19. The van der Waals surface area contributed by atoms with Crippen LogP contribution in [0.15, 0.2) is 28.7 Å². The summed E-state index contributed by atoms with van der Waals surface area (Å²) in [6.07, 6.45) is 0. The van der Waals surface area contributed by atoms with Crippen molar-refractivity contribution >= 4 is 11.0 Å². The Morgan fingerprint density at radius 3 is 2.88 bits per heavy atom. The summed E-state index contributed by atoms with van der Waals surface area (Å²) >= 11 is 0. The van der Waals surface area contributed by atoms with Crippen LogP contribution >= 0.6 is 0 Å². The first kappa shape index (κ1) is 12.1. The summed E-state index contributed by atoms with van der Waals surface area (Å²) in [5, 5.41) is 7.75. The van der Waals surface area contributed by atoms with Crippen molar-refractivity contribution in [2.75, 3.05) is 13.6 Å². The molecule has 92 valence electrons. The van der Waals surface area contributed by atoms with E-state index in [0.717, 1.165) is 24.4 Å². The third kappa shape index (κ3) is 3.08. The largest absolute Gasteiger partial charge is 0.460 e. The van der Waals surface area contributed by atoms with Gasteiger partial charge in [0, 0.05) is 18.0 Å². The summed E-state index contributed by atoms with van der Waals surface area (Å²) in [6, 6.07) is 8.81. The zero-order valence-electron chi connectivity index (χ0n) is 10.7. The van der Waals surface area contributed by atoms with E-state index in [2.05, 4.69) is 42.7 Å². The summed E-state index contributed by atoms with van der Waals surface area (Å²) in [6.45, 7) is 5.98. The van der Waals surface area contributed by atoms with E-state index < -0.39 is 0 Å². The molecular weight excluding hydrogens is 212 g/mol. The maximum Gasteiger partial charge on any atom is 0.134 e. The lowest BCUT2D eigenvalue weighted by molar-refractivity contribution is 0.465. The van der Waals surface area contributed by atoms with Gasteiger partial charge in [0.05, 0.1) is 6.54 Å². The summed E-state index contributed by atoms with van der Waals surface area (Å²) < 4.78 is 5.77. The van der Waals surface area contributed by atoms with E-state index in [9.17, 15) is 0 Å². The van der Waals surface area contributed by atoms with Gasteiger partial charge < -0.3 is 15.1 Å². The molecule has 1 unspecified atom stereocenters. The van der Waals surface area contributed by atoms with Gasteiger partial charge in [-0.15, -0.1) is 0 Å². The molecule has 1 heterocycles. The van der Waals surface area contributed by atoms with Gasteiger partial charge in [0.25, 0.3) is 0 Å². The van der Waals surface area contributed by atoms with Gasteiger partial charge in [0.15, 0.2) is 0 Å². The predicted molar refractivity (Wildman–Crippen MR) is 71.2 cm³/mol. The number of hydrogen-bond acceptors (Lipinski definition) is 3. The highest BCUT2D eigenvalue weighted by Crippen LogP contribution is 2.20. The van der Waals surface area contributed by atoms with Crippen molar-refractivity contribution in [1.82, 2.24) is 10.6 Å². The lowest BCUT2D eigenvalue weighted by Gasteiger charge is -2.11. The van der Waals surface area contributed by atoms with Crippen LogP contribution in [0.25, 0.3) is 11.0 Å². The maximum absolute atomic E-state index is 5.77. The molecule has 1 aromatic heterocycles. The second kappa shape index (κ2) is 5.34. The van der Waals surface area contributed by atoms with E-state index in [1.165, 1.54) is 10.9 Å². The summed E-state index contributed by atoms with van der Waals surface area (Å²) in [7, 11) is 1.96. The third-order valence-corrected chi connectivity index (χ3v) is 2.86. The number of aryl methyl sites for hydroxylation is 1. The molecule has 0 fully saturated rings. The zero-order chi connectivity index (χ0) is 12.3. The number of benzene rings is 1. The van der Waals surface area contributed by atoms with E-state index >= 15 is 0 Å². The first-order valence-electron chi connectivity index (χ1n) is 6.06. The van der Waals surface area contributed by atoms with Crippen molar-refractivity contribution in [2.45, 2.75) is 26.4 Å². The van der Waals surface area contributed by atoms with Crippen LogP contribution in [0.1, 0.15) is 18.2 Å². The third-order valence-electron chi connectivity index (χ3n) is 2.86. The number of furan rings is 1. The van der Waals surface area contributed by atoms with E-state index in [1.807, 2.05) is 13.1 Å². The Morgan fingerprint density at radius 1 is 1.29 bits per heavy atom. The molecule has 0 radical (unpaired) electrons. The molecule has 17 heavy (non-hydrogen) atoms. The Morgan fingerprint density at radius 2 is 2.12 bits per heavy atom. The van der Waals surface area contributed by atoms with E-state index in [-0.39, 0.29) is 0 Å². The standard InChI is InChI=1S/C14H20N2O/c1-10-4-5-14-12(6-10)7-13(17-14)9-16-11(2)8-15-3/h4-7,11,15-16H,8-9H2,1-3H3. The Labute approximate surface area is 102 Å². The number of hydrogen-bond donors (Lipinski definition) is 2. The van der Waals surface area contributed by atoms with Crippen LogP contribution in [0.4, 0.5) is 0 Å². The Balaban J connectivity index is 2.04. The molecule has 0 aliphatic carbocycles. The number of fused-ring (bicyclic) bond motifs is 1. The van der Waals surface area contributed by atoms with Crippen LogP contribution in [-0.4, -0.2) is 19.6 Å². The molecule has 0 aliphatic rings. The molecule has 0 bridgehead atoms. The quantitative estimate of drug-likeness (QED) is 0.831. The topological polar surface area (TPSA) is 37.2 Å². The molecule has 1 aromatic carbocycles. The molecule has 0 spiro atoms. The molecule has 0 aliphatic heterocycles. The normalized spacial score (nSPS) is 13.1. The molecule has 0 amide bonds. The van der Waals surface area contributed by atoms with Crippen molar-refractivity contribution in [3.63, 3.8) is 0 Å². The van der Waals surface area contributed by atoms with E-state index in [0.29, 0.717) is 6.04 Å². The molecule has 2 N–H and O–H groups in total. The van der Waals surface area contributed by atoms with Gasteiger partial charge in [-0.2, -0.15) is 0 Å². The molecule has 2 aromatic rings. The Hall–Kier alpha value is -1.32. The fraction of sp³-hybridized carbons (Fsp3) is 0.429. The SMILES string of the molecule is CNCC(C)NCc1cc2cc(C)ccc2o1. The van der Waals surface area contributed by atoms with Crippen molar-refractivity contribution < 1.29 is 4.42 Å². The minimum Gasteiger partial charge on any atom is -0.460 e. The molecule has 2 rings (SSSR count). The predicted octanol–water partition coefficient (Wildman–Crippen LogP) is 2.44. The molecule has 1 atom stereocenters. The van der Waals surface area contributed by atoms with Crippen LogP contribution in [0.5, 0.6) is 0 Å². The molecule has 3 heteroatoms. The minimum absolute atomic E-state index is 0.440. The minimum atomic E-state index is 0.440. The van der Waals surface area contributed by atoms with E-state index in [1.54, 1.807) is 0 Å². The van der Waals surface area contributed by atoms with Crippen molar-refractivity contribution in [3.8, 4) is 0 Å². The fourth-order valence-electron chi connectivity index (χ4n) is 1.96. The summed E-state index contributed by atoms with van der Waals surface area (Å²) in [5.41, 5.74) is 2.23. The number of likely N-dealkylation sites (N-methyl/N-ethyl adjacent to an activating group) is 1. The average molecular weight is 232 g/mol. The lowest BCUT2D eigenvalue weighted by atomic mass is 10.2. The van der Waals surface area contributed by atoms with Crippen molar-refractivity contribution in [1.29, 1.82) is 0 Å². The van der Waals surface area contributed by atoms with Crippen molar-refractivity contribution in [2.24, 2.45) is 0 Å². The van der Waals surface area contributed by atoms with Gasteiger partial charge in [0.2, 0.25) is 0 Å². The van der Waals surface area contributed by atoms with Gasteiger partial charge >= 0.3 is 0 Å². The van der Waals surface area contributed by atoms with Crippen LogP contribution in [-0.2, 0) is 6.54 Å². The summed E-state index contributed by atoms with van der Waals surface area (Å²) in [4.78, 5) is 0. The summed E-state index contributed by atoms with van der Waals surface area (Å²) in [5.74, 6) is 0.994. The van der Waals surface area contributed by atoms with Gasteiger partial charge in [-0.1, -0.05) is 11.6 Å². The first-order valence-corrected chi connectivity index (χ1v) is 6.06. The highest BCUT2D eigenvalue weighted by molar-refractivity contribution is 5.78.